The minimum absolute atomic E-state index is 0.0515. The third-order valence-corrected chi connectivity index (χ3v) is 3.70. The first-order chi connectivity index (χ1) is 7.83. The molecule has 0 amide bonds. The summed E-state index contributed by atoms with van der Waals surface area (Å²) in [5.74, 6) is 1.45. The lowest BCUT2D eigenvalue weighted by atomic mass is 10.1. The molecule has 1 aliphatic carbocycles. The van der Waals surface area contributed by atoms with Crippen LogP contribution < -0.4 is 10.8 Å². The average Bonchev–Trinajstić information content (AvgIpc) is 3.10. The van der Waals surface area contributed by atoms with Gasteiger partial charge in [0.25, 0.3) is 0 Å². The number of pyridine rings is 1. The van der Waals surface area contributed by atoms with E-state index in [9.17, 15) is 0 Å². The van der Waals surface area contributed by atoms with Crippen LogP contribution >= 0.6 is 0 Å². The van der Waals surface area contributed by atoms with Crippen LogP contribution in [0.1, 0.15) is 43.1 Å². The van der Waals surface area contributed by atoms with Gasteiger partial charge in [-0.15, -0.1) is 0 Å². The first-order valence-corrected chi connectivity index (χ1v) is 5.97. The number of hydroxylamine groups is 1. The first kappa shape index (κ1) is 10.1. The van der Waals surface area contributed by atoms with Gasteiger partial charge in [-0.25, -0.2) is 0 Å². The van der Waals surface area contributed by atoms with E-state index in [1.54, 1.807) is 0 Å². The Kier molecular flexibility index (Phi) is 2.33. The number of hydrogen-bond donors (Lipinski definition) is 3. The van der Waals surface area contributed by atoms with Crippen molar-refractivity contribution in [2.45, 2.75) is 31.7 Å². The molecule has 0 saturated heterocycles. The van der Waals surface area contributed by atoms with Crippen molar-refractivity contribution in [2.24, 2.45) is 5.92 Å². The van der Waals surface area contributed by atoms with Gasteiger partial charge in [0.15, 0.2) is 0 Å². The molecule has 1 fully saturated rings. The number of rotatable bonds is 3. The fourth-order valence-electron chi connectivity index (χ4n) is 2.53. The summed E-state index contributed by atoms with van der Waals surface area (Å²) in [4.78, 5) is 4.69. The third-order valence-electron chi connectivity index (χ3n) is 3.70. The molecule has 3 rings (SSSR count). The first-order valence-electron chi connectivity index (χ1n) is 5.97. The van der Waals surface area contributed by atoms with Crippen molar-refractivity contribution in [3.63, 3.8) is 0 Å². The highest BCUT2D eigenvalue weighted by Gasteiger charge is 2.43. The van der Waals surface area contributed by atoms with E-state index in [0.29, 0.717) is 5.92 Å². The molecule has 16 heavy (non-hydrogen) atoms. The van der Waals surface area contributed by atoms with Gasteiger partial charge in [0, 0.05) is 12.5 Å². The van der Waals surface area contributed by atoms with Gasteiger partial charge < -0.3 is 10.5 Å². The smallest absolute Gasteiger partial charge is 0.0738 e. The van der Waals surface area contributed by atoms with Crippen molar-refractivity contribution >= 4 is 5.69 Å². The Morgan fingerprint density at radius 1 is 1.62 bits per heavy atom. The number of anilines is 1. The van der Waals surface area contributed by atoms with Gasteiger partial charge in [-0.3, -0.25) is 4.98 Å². The van der Waals surface area contributed by atoms with E-state index in [1.807, 2.05) is 13.0 Å². The second kappa shape index (κ2) is 3.71. The molecule has 3 unspecified atom stereocenters. The molecule has 3 N–H and O–H groups in total. The molecule has 2 heterocycles. The van der Waals surface area contributed by atoms with Crippen molar-refractivity contribution < 1.29 is 5.21 Å². The number of nitrogens with one attached hydrogen (secondary N) is 2. The maximum Gasteiger partial charge on any atom is 0.0738 e. The predicted molar refractivity (Wildman–Crippen MR) is 61.5 cm³/mol. The minimum atomic E-state index is -0.0515. The highest BCUT2D eigenvalue weighted by Crippen LogP contribution is 2.51. The Balaban J connectivity index is 1.94. The summed E-state index contributed by atoms with van der Waals surface area (Å²) < 4.78 is 0. The Morgan fingerprint density at radius 3 is 3.25 bits per heavy atom. The average molecular weight is 219 g/mol. The fourth-order valence-corrected chi connectivity index (χ4v) is 2.53. The molecule has 4 heteroatoms. The molecule has 1 aliphatic heterocycles. The summed E-state index contributed by atoms with van der Waals surface area (Å²) in [7, 11) is 0. The second-order valence-corrected chi connectivity index (χ2v) is 4.74. The predicted octanol–water partition coefficient (Wildman–Crippen LogP) is 2.04. The molecule has 86 valence electrons. The van der Waals surface area contributed by atoms with Gasteiger partial charge in [0.1, 0.15) is 0 Å². The van der Waals surface area contributed by atoms with Crippen LogP contribution in [0.15, 0.2) is 12.1 Å². The van der Waals surface area contributed by atoms with E-state index in [1.165, 1.54) is 17.8 Å². The maximum atomic E-state index is 9.05. The molecule has 4 nitrogen and oxygen atoms in total. The molecular weight excluding hydrogens is 202 g/mol. The Bertz CT molecular complexity index is 403. The summed E-state index contributed by atoms with van der Waals surface area (Å²) in [5, 5.41) is 12.5. The van der Waals surface area contributed by atoms with Crippen molar-refractivity contribution in [3.8, 4) is 0 Å². The Hall–Kier alpha value is -1.13. The normalized spacial score (nSPS) is 27.6. The largest absolute Gasteiger partial charge is 0.383 e. The van der Waals surface area contributed by atoms with E-state index in [-0.39, 0.29) is 6.04 Å². The Labute approximate surface area is 95.0 Å². The lowest BCUT2D eigenvalue weighted by Crippen LogP contribution is -2.19. The van der Waals surface area contributed by atoms with E-state index in [0.717, 1.165) is 24.6 Å². The maximum absolute atomic E-state index is 9.05. The summed E-state index contributed by atoms with van der Waals surface area (Å²) >= 11 is 0. The van der Waals surface area contributed by atoms with Gasteiger partial charge in [0.2, 0.25) is 0 Å². The van der Waals surface area contributed by atoms with Crippen LogP contribution in [-0.4, -0.2) is 16.7 Å². The summed E-state index contributed by atoms with van der Waals surface area (Å²) in [6, 6.07) is 4.03. The van der Waals surface area contributed by atoms with Gasteiger partial charge in [-0.1, -0.05) is 6.92 Å². The van der Waals surface area contributed by atoms with Gasteiger partial charge in [-0.05, 0) is 30.9 Å². The van der Waals surface area contributed by atoms with E-state index in [2.05, 4.69) is 16.9 Å². The molecule has 0 bridgehead atoms. The van der Waals surface area contributed by atoms with E-state index in [4.69, 9.17) is 10.2 Å². The van der Waals surface area contributed by atoms with Crippen molar-refractivity contribution in [3.05, 3.63) is 23.5 Å². The highest BCUT2D eigenvalue weighted by atomic mass is 16.5. The van der Waals surface area contributed by atoms with Crippen LogP contribution in [0.25, 0.3) is 0 Å². The molecule has 2 aliphatic rings. The Morgan fingerprint density at radius 2 is 2.50 bits per heavy atom. The topological polar surface area (TPSA) is 57.2 Å². The van der Waals surface area contributed by atoms with Crippen LogP contribution in [0.3, 0.4) is 0 Å². The van der Waals surface area contributed by atoms with Gasteiger partial charge in [-0.2, -0.15) is 5.48 Å². The summed E-state index contributed by atoms with van der Waals surface area (Å²) in [6.45, 7) is 3.13. The zero-order valence-electron chi connectivity index (χ0n) is 9.40. The molecule has 1 aromatic rings. The fraction of sp³-hybridized carbons (Fsp3) is 0.583. The van der Waals surface area contributed by atoms with Gasteiger partial charge in [0.05, 0.1) is 23.1 Å². The molecular formula is C12H17N3O. The van der Waals surface area contributed by atoms with E-state index >= 15 is 0 Å². The quantitative estimate of drug-likeness (QED) is 0.681. The van der Waals surface area contributed by atoms with E-state index < -0.39 is 0 Å². The number of nitrogens with zero attached hydrogens (tertiary/aromatic N) is 1. The molecule has 0 spiro atoms. The van der Waals surface area contributed by atoms with Crippen LogP contribution in [0, 0.1) is 5.92 Å². The monoisotopic (exact) mass is 219 g/mol. The zero-order valence-corrected chi connectivity index (χ0v) is 9.40. The standard InChI is InChI=1S/C12H17N3O/c1-2-9(15-16)10-3-4-11-12(14-10)8-5-7(8)6-13-11/h3-4,7-9,13,15-16H,2,5-6H2,1H3. The van der Waals surface area contributed by atoms with Crippen LogP contribution in [-0.2, 0) is 0 Å². The second-order valence-electron chi connectivity index (χ2n) is 4.74. The minimum Gasteiger partial charge on any atom is -0.383 e. The van der Waals surface area contributed by atoms with Crippen molar-refractivity contribution in [2.75, 3.05) is 11.9 Å². The lowest BCUT2D eigenvalue weighted by molar-refractivity contribution is 0.122. The molecule has 0 aromatic carbocycles. The van der Waals surface area contributed by atoms with Crippen molar-refractivity contribution in [1.82, 2.24) is 10.5 Å². The molecule has 1 aromatic heterocycles. The highest BCUT2D eigenvalue weighted by molar-refractivity contribution is 5.55. The number of fused-ring (bicyclic) bond motifs is 3. The number of aromatic nitrogens is 1. The van der Waals surface area contributed by atoms with Gasteiger partial charge >= 0.3 is 0 Å². The van der Waals surface area contributed by atoms with Crippen molar-refractivity contribution in [1.29, 1.82) is 0 Å². The van der Waals surface area contributed by atoms with Crippen LogP contribution in [0.5, 0.6) is 0 Å². The number of hydrogen-bond acceptors (Lipinski definition) is 4. The SMILES string of the molecule is CCC(NO)c1ccc2c(n1)C1CC1CN2. The van der Waals surface area contributed by atoms with Crippen LogP contribution in [0.2, 0.25) is 0 Å². The lowest BCUT2D eigenvalue weighted by Gasteiger charge is -2.19. The zero-order chi connectivity index (χ0) is 11.1. The third kappa shape index (κ3) is 1.49. The molecule has 0 radical (unpaired) electrons. The molecule has 3 atom stereocenters. The summed E-state index contributed by atoms with van der Waals surface area (Å²) in [6.07, 6.45) is 2.10. The van der Waals surface area contributed by atoms with Crippen LogP contribution in [0.4, 0.5) is 5.69 Å². The molecule has 1 saturated carbocycles. The summed E-state index contributed by atoms with van der Waals surface area (Å²) in [5.41, 5.74) is 5.64.